The minimum Gasteiger partial charge on any atom is -0.321 e. The number of amides is 1. The molecule has 0 fully saturated rings. The highest BCUT2D eigenvalue weighted by Crippen LogP contribution is 2.30. The maximum Gasteiger partial charge on any atom is 0.282 e. The summed E-state index contributed by atoms with van der Waals surface area (Å²) in [6.45, 7) is 6.44. The number of hydrogen-bond donors (Lipinski definition) is 1. The van der Waals surface area contributed by atoms with Gasteiger partial charge in [-0.3, -0.25) is 9.48 Å². The average Bonchev–Trinajstić information content (AvgIpc) is 3.20. The van der Waals surface area contributed by atoms with Crippen molar-refractivity contribution in [1.82, 2.24) is 9.78 Å². The fraction of sp³-hybridized carbons (Fsp3) is 0.308. The first-order chi connectivity index (χ1) is 15.3. The lowest BCUT2D eigenvalue weighted by Gasteiger charge is -2.18. The van der Waals surface area contributed by atoms with Crippen molar-refractivity contribution < 1.29 is 13.6 Å². The van der Waals surface area contributed by atoms with Crippen LogP contribution >= 0.6 is 0 Å². The van der Waals surface area contributed by atoms with Crippen molar-refractivity contribution in [3.63, 3.8) is 0 Å². The number of nitrogens with one attached hydrogen (secondary N) is 1. The van der Waals surface area contributed by atoms with Crippen LogP contribution in [0.5, 0.6) is 0 Å². The highest BCUT2D eigenvalue weighted by Gasteiger charge is 2.23. The van der Waals surface area contributed by atoms with E-state index in [9.17, 15) is 13.6 Å². The van der Waals surface area contributed by atoms with Crippen LogP contribution in [0.4, 0.5) is 14.5 Å². The molecule has 1 N–H and O–H groups in total. The van der Waals surface area contributed by atoms with Crippen molar-refractivity contribution in [2.24, 2.45) is 12.5 Å². The third kappa shape index (κ3) is 5.23. The molecule has 0 aliphatic rings. The number of aromatic nitrogens is 2. The molecule has 6 heteroatoms. The Morgan fingerprint density at radius 2 is 1.78 bits per heavy atom. The zero-order valence-corrected chi connectivity index (χ0v) is 18.7. The van der Waals surface area contributed by atoms with Gasteiger partial charge < -0.3 is 5.32 Å². The Morgan fingerprint density at radius 1 is 1.12 bits per heavy atom. The molecule has 0 aliphatic carbocycles. The summed E-state index contributed by atoms with van der Waals surface area (Å²) < 4.78 is 27.7. The Labute approximate surface area is 187 Å². The molecule has 0 aliphatic heterocycles. The third-order valence-electron chi connectivity index (χ3n) is 5.75. The molecule has 0 spiro atoms. The van der Waals surface area contributed by atoms with E-state index in [-0.39, 0.29) is 11.0 Å². The van der Waals surface area contributed by atoms with Crippen LogP contribution < -0.4 is 5.32 Å². The smallest absolute Gasteiger partial charge is 0.282 e. The number of aryl methyl sites for hydroxylation is 1. The number of anilines is 1. The second-order valence-electron chi connectivity index (χ2n) is 8.00. The zero-order chi connectivity index (χ0) is 23.3. The third-order valence-corrected chi connectivity index (χ3v) is 5.75. The lowest BCUT2D eigenvalue weighted by atomic mass is 9.85. The number of rotatable bonds is 6. The van der Waals surface area contributed by atoms with E-state index in [0.717, 1.165) is 29.5 Å². The van der Waals surface area contributed by atoms with Gasteiger partial charge in [-0.15, -0.1) is 0 Å². The molecule has 4 nitrogen and oxygen atoms in total. The maximum atomic E-state index is 13.2. The molecule has 1 heterocycles. The Balaban J connectivity index is 1.86. The quantitative estimate of drug-likeness (QED) is 0.452. The molecule has 0 bridgehead atoms. The number of hydrogen-bond acceptors (Lipinski definition) is 2. The van der Waals surface area contributed by atoms with Gasteiger partial charge in [-0.25, -0.2) is 8.78 Å². The molecule has 2 aromatic carbocycles. The van der Waals surface area contributed by atoms with Crippen molar-refractivity contribution >= 4 is 11.6 Å². The number of benzene rings is 2. The van der Waals surface area contributed by atoms with Gasteiger partial charge in [0.25, 0.3) is 12.3 Å². The van der Waals surface area contributed by atoms with E-state index in [1.54, 1.807) is 12.1 Å². The van der Waals surface area contributed by atoms with Crippen LogP contribution in [-0.4, -0.2) is 15.7 Å². The summed E-state index contributed by atoms with van der Waals surface area (Å²) in [5.74, 6) is 6.00. The van der Waals surface area contributed by atoms with Gasteiger partial charge in [-0.2, -0.15) is 5.10 Å². The van der Waals surface area contributed by atoms with Crippen LogP contribution in [0.25, 0.3) is 11.1 Å². The van der Waals surface area contributed by atoms with Gasteiger partial charge in [0.15, 0.2) is 0 Å². The van der Waals surface area contributed by atoms with E-state index in [1.807, 2.05) is 36.4 Å². The summed E-state index contributed by atoms with van der Waals surface area (Å²) in [6.07, 6.45) is 0.452. The molecule has 1 amide bonds. The first kappa shape index (κ1) is 23.2. The number of para-hydroxylation sites is 1. The molecule has 0 saturated heterocycles. The summed E-state index contributed by atoms with van der Waals surface area (Å²) >= 11 is 0. The number of carbonyl (C=O) groups is 1. The first-order valence-electron chi connectivity index (χ1n) is 10.6. The Kier molecular flexibility index (Phi) is 7.09. The van der Waals surface area contributed by atoms with Gasteiger partial charge in [0.05, 0.1) is 5.56 Å². The van der Waals surface area contributed by atoms with Gasteiger partial charge in [0.1, 0.15) is 5.69 Å². The number of nitrogens with zero attached hydrogens (tertiary/aromatic N) is 2. The predicted molar refractivity (Wildman–Crippen MR) is 124 cm³/mol. The summed E-state index contributed by atoms with van der Waals surface area (Å²) in [7, 11) is 1.50. The molecule has 0 saturated carbocycles. The molecule has 1 aromatic heterocycles. The number of alkyl halides is 2. The predicted octanol–water partition coefficient (Wildman–Crippen LogP) is 6.45. The fourth-order valence-corrected chi connectivity index (χ4v) is 3.26. The molecule has 0 atom stereocenters. The zero-order valence-electron chi connectivity index (χ0n) is 18.7. The molecule has 0 radical (unpaired) electrons. The minimum absolute atomic E-state index is 0.00106. The first-order valence-corrected chi connectivity index (χ1v) is 10.6. The van der Waals surface area contributed by atoms with Gasteiger partial charge in [-0.05, 0) is 43.5 Å². The van der Waals surface area contributed by atoms with E-state index in [4.69, 9.17) is 0 Å². The molecule has 3 aromatic rings. The van der Waals surface area contributed by atoms with Crippen molar-refractivity contribution in [2.45, 2.75) is 40.0 Å². The van der Waals surface area contributed by atoms with Crippen LogP contribution in [0.1, 0.15) is 61.7 Å². The van der Waals surface area contributed by atoms with Gasteiger partial charge in [0.2, 0.25) is 0 Å². The highest BCUT2D eigenvalue weighted by molar-refractivity contribution is 6.06. The lowest BCUT2D eigenvalue weighted by molar-refractivity contribution is 0.101. The van der Waals surface area contributed by atoms with Crippen LogP contribution in [0.15, 0.2) is 54.7 Å². The molecule has 3 rings (SSSR count). The van der Waals surface area contributed by atoms with Crippen LogP contribution in [0, 0.1) is 17.3 Å². The van der Waals surface area contributed by atoms with Crippen molar-refractivity contribution in [3.05, 3.63) is 71.5 Å². The van der Waals surface area contributed by atoms with E-state index >= 15 is 0 Å². The number of halogens is 2. The van der Waals surface area contributed by atoms with Crippen LogP contribution in [0.3, 0.4) is 0 Å². The monoisotopic (exact) mass is 435 g/mol. The van der Waals surface area contributed by atoms with Crippen LogP contribution in [0.2, 0.25) is 0 Å². The summed E-state index contributed by atoms with van der Waals surface area (Å²) in [4.78, 5) is 12.7. The van der Waals surface area contributed by atoms with E-state index in [2.05, 4.69) is 43.0 Å². The fourth-order valence-electron chi connectivity index (χ4n) is 3.26. The Bertz CT molecular complexity index is 1150. The largest absolute Gasteiger partial charge is 0.321 e. The standard InChI is InChI=1S/C26H27F2N3O/c1-5-26(3,6-2)16-15-18-11-13-19(14-12-18)20-9-7-8-10-22(20)29-25(32)21-17-31(4)30-23(21)24(27)28/h7-14,17,24H,5-6H2,1-4H3,(H,29,32). The molecule has 0 unspecified atom stereocenters. The maximum absolute atomic E-state index is 13.2. The lowest BCUT2D eigenvalue weighted by Crippen LogP contribution is -2.14. The van der Waals surface area contributed by atoms with Crippen LogP contribution in [-0.2, 0) is 7.05 Å². The second-order valence-corrected chi connectivity index (χ2v) is 8.00. The topological polar surface area (TPSA) is 46.9 Å². The minimum atomic E-state index is -2.83. The van der Waals surface area contributed by atoms with Crippen molar-refractivity contribution in [2.75, 3.05) is 5.32 Å². The molecule has 166 valence electrons. The second kappa shape index (κ2) is 9.78. The van der Waals surface area contributed by atoms with Gasteiger partial charge >= 0.3 is 0 Å². The van der Waals surface area contributed by atoms with E-state index in [0.29, 0.717) is 5.69 Å². The average molecular weight is 436 g/mol. The highest BCUT2D eigenvalue weighted by atomic mass is 19.3. The SMILES string of the molecule is CCC(C)(C#Cc1ccc(-c2ccccc2NC(=O)c2cn(C)nc2C(F)F)cc1)CC. The van der Waals surface area contributed by atoms with Gasteiger partial charge in [-0.1, -0.05) is 56.0 Å². The molecular weight excluding hydrogens is 408 g/mol. The Hall–Kier alpha value is -3.46. The van der Waals surface area contributed by atoms with Crippen molar-refractivity contribution in [1.29, 1.82) is 0 Å². The van der Waals surface area contributed by atoms with E-state index in [1.165, 1.54) is 17.9 Å². The summed E-state index contributed by atoms with van der Waals surface area (Å²) in [6, 6.07) is 15.0. The van der Waals surface area contributed by atoms with E-state index < -0.39 is 18.0 Å². The molecule has 32 heavy (non-hydrogen) atoms. The normalized spacial score (nSPS) is 11.2. The summed E-state index contributed by atoms with van der Waals surface area (Å²) in [5, 5.41) is 6.46. The molecular formula is C26H27F2N3O. The number of carbonyl (C=O) groups excluding carboxylic acids is 1. The Morgan fingerprint density at radius 3 is 2.41 bits per heavy atom. The van der Waals surface area contributed by atoms with Crippen molar-refractivity contribution in [3.8, 4) is 23.0 Å². The summed E-state index contributed by atoms with van der Waals surface area (Å²) in [5.41, 5.74) is 2.45. The van der Waals surface area contributed by atoms with Gasteiger partial charge in [0, 0.05) is 35.5 Å².